The molecule has 0 saturated carbocycles. The van der Waals surface area contributed by atoms with E-state index in [9.17, 15) is 0 Å². The number of likely N-dealkylation sites (N-methyl/N-ethyl adjacent to an activating group) is 1. The molecule has 0 amide bonds. The first-order valence-electron chi connectivity index (χ1n) is 8.40. The van der Waals surface area contributed by atoms with Crippen molar-refractivity contribution in [2.75, 3.05) is 46.3 Å². The van der Waals surface area contributed by atoms with Crippen molar-refractivity contribution in [3.63, 3.8) is 0 Å². The van der Waals surface area contributed by atoms with Crippen molar-refractivity contribution in [3.05, 3.63) is 35.4 Å². The second-order valence-electron chi connectivity index (χ2n) is 6.32. The first-order chi connectivity index (χ1) is 10.2. The average Bonchev–Trinajstić information content (AvgIpc) is 2.69. The van der Waals surface area contributed by atoms with Gasteiger partial charge in [-0.15, -0.1) is 0 Å². The van der Waals surface area contributed by atoms with Crippen molar-refractivity contribution in [1.29, 1.82) is 0 Å². The molecule has 1 aromatic carbocycles. The number of benzene rings is 1. The van der Waals surface area contributed by atoms with Crippen LogP contribution in [0.5, 0.6) is 0 Å². The summed E-state index contributed by atoms with van der Waals surface area (Å²) in [6.45, 7) is 11.5. The molecule has 3 nitrogen and oxygen atoms in total. The molecule has 118 valence electrons. The summed E-state index contributed by atoms with van der Waals surface area (Å²) in [7, 11) is 2.23. The standard InChI is InChI=1S/C18H31N3/c1-4-10-19-18(17-9-6-5-8-16(17)2)15-21-12-7-11-20(3)13-14-21/h5-6,8-9,18-19H,4,7,10-15H2,1-3H3. The number of nitrogens with zero attached hydrogens (tertiary/aromatic N) is 2. The summed E-state index contributed by atoms with van der Waals surface area (Å²) in [5.74, 6) is 0. The van der Waals surface area contributed by atoms with Crippen LogP contribution in [0.15, 0.2) is 24.3 Å². The van der Waals surface area contributed by atoms with Crippen LogP contribution in [0.2, 0.25) is 0 Å². The van der Waals surface area contributed by atoms with Crippen LogP contribution in [-0.4, -0.2) is 56.1 Å². The van der Waals surface area contributed by atoms with Crippen LogP contribution in [0.3, 0.4) is 0 Å². The highest BCUT2D eigenvalue weighted by molar-refractivity contribution is 5.29. The molecule has 21 heavy (non-hydrogen) atoms. The molecule has 3 heteroatoms. The van der Waals surface area contributed by atoms with Crippen molar-refractivity contribution in [1.82, 2.24) is 15.1 Å². The highest BCUT2D eigenvalue weighted by Gasteiger charge is 2.19. The highest BCUT2D eigenvalue weighted by Crippen LogP contribution is 2.19. The third-order valence-electron chi connectivity index (χ3n) is 4.46. The predicted molar refractivity (Wildman–Crippen MR) is 90.8 cm³/mol. The molecule has 1 atom stereocenters. The Kier molecular flexibility index (Phi) is 6.68. The lowest BCUT2D eigenvalue weighted by Gasteiger charge is -2.28. The minimum Gasteiger partial charge on any atom is -0.309 e. The fraction of sp³-hybridized carbons (Fsp3) is 0.667. The molecule has 1 aliphatic rings. The molecule has 1 saturated heterocycles. The van der Waals surface area contributed by atoms with Gasteiger partial charge >= 0.3 is 0 Å². The molecule has 1 heterocycles. The Bertz CT molecular complexity index is 419. The molecule has 1 N–H and O–H groups in total. The maximum atomic E-state index is 3.75. The summed E-state index contributed by atoms with van der Waals surface area (Å²) in [4.78, 5) is 5.07. The average molecular weight is 289 g/mol. The van der Waals surface area contributed by atoms with E-state index in [0.29, 0.717) is 6.04 Å². The summed E-state index contributed by atoms with van der Waals surface area (Å²) < 4.78 is 0. The van der Waals surface area contributed by atoms with Crippen molar-refractivity contribution in [2.45, 2.75) is 32.7 Å². The first kappa shape index (κ1) is 16.5. The van der Waals surface area contributed by atoms with E-state index in [-0.39, 0.29) is 0 Å². The molecule has 1 aromatic rings. The zero-order valence-electron chi connectivity index (χ0n) is 13.9. The number of aryl methyl sites for hydroxylation is 1. The van der Waals surface area contributed by atoms with E-state index in [1.54, 1.807) is 0 Å². The van der Waals surface area contributed by atoms with Gasteiger partial charge in [0, 0.05) is 25.7 Å². The van der Waals surface area contributed by atoms with Gasteiger partial charge in [-0.05, 0) is 57.6 Å². The predicted octanol–water partition coefficient (Wildman–Crippen LogP) is 2.67. The van der Waals surface area contributed by atoms with E-state index in [1.807, 2.05) is 0 Å². The number of rotatable bonds is 6. The highest BCUT2D eigenvalue weighted by atomic mass is 15.2. The Hall–Kier alpha value is -0.900. The van der Waals surface area contributed by atoms with E-state index in [4.69, 9.17) is 0 Å². The van der Waals surface area contributed by atoms with Crippen LogP contribution in [0.25, 0.3) is 0 Å². The zero-order chi connectivity index (χ0) is 15.1. The van der Waals surface area contributed by atoms with Crippen molar-refractivity contribution in [2.24, 2.45) is 0 Å². The molecular weight excluding hydrogens is 258 g/mol. The summed E-state index contributed by atoms with van der Waals surface area (Å²) in [6, 6.07) is 9.27. The second-order valence-corrected chi connectivity index (χ2v) is 6.32. The van der Waals surface area contributed by atoms with Crippen molar-refractivity contribution >= 4 is 0 Å². The van der Waals surface area contributed by atoms with Crippen LogP contribution < -0.4 is 5.32 Å². The summed E-state index contributed by atoms with van der Waals surface area (Å²) in [6.07, 6.45) is 2.47. The lowest BCUT2D eigenvalue weighted by Crippen LogP contribution is -2.37. The van der Waals surface area contributed by atoms with E-state index >= 15 is 0 Å². The summed E-state index contributed by atoms with van der Waals surface area (Å²) in [5.41, 5.74) is 2.86. The fourth-order valence-electron chi connectivity index (χ4n) is 3.11. The van der Waals surface area contributed by atoms with Crippen molar-refractivity contribution < 1.29 is 0 Å². The van der Waals surface area contributed by atoms with E-state index in [2.05, 4.69) is 60.3 Å². The number of nitrogens with one attached hydrogen (secondary N) is 1. The quantitative estimate of drug-likeness (QED) is 0.868. The molecule has 2 rings (SSSR count). The van der Waals surface area contributed by atoms with Gasteiger partial charge in [0.05, 0.1) is 0 Å². The molecule has 0 aliphatic carbocycles. The third-order valence-corrected chi connectivity index (χ3v) is 4.46. The first-order valence-corrected chi connectivity index (χ1v) is 8.40. The lowest BCUT2D eigenvalue weighted by atomic mass is 10.0. The second kappa shape index (κ2) is 8.52. The summed E-state index contributed by atoms with van der Waals surface area (Å²) in [5, 5.41) is 3.75. The Morgan fingerprint density at radius 2 is 1.95 bits per heavy atom. The van der Waals surface area contributed by atoms with Gasteiger partial charge in [0.15, 0.2) is 0 Å². The molecule has 0 bridgehead atoms. The third kappa shape index (κ3) is 5.10. The minimum absolute atomic E-state index is 0.453. The topological polar surface area (TPSA) is 18.5 Å². The molecular formula is C18H31N3. The van der Waals surface area contributed by atoms with Crippen LogP contribution in [0, 0.1) is 6.92 Å². The largest absolute Gasteiger partial charge is 0.309 e. The van der Waals surface area contributed by atoms with Crippen LogP contribution in [-0.2, 0) is 0 Å². The van der Waals surface area contributed by atoms with Crippen LogP contribution >= 0.6 is 0 Å². The van der Waals surface area contributed by atoms with Crippen LogP contribution in [0.1, 0.15) is 36.9 Å². The monoisotopic (exact) mass is 289 g/mol. The van der Waals surface area contributed by atoms with E-state index < -0.39 is 0 Å². The smallest absolute Gasteiger partial charge is 0.0451 e. The van der Waals surface area contributed by atoms with Gasteiger partial charge in [0.1, 0.15) is 0 Å². The van der Waals surface area contributed by atoms with Gasteiger partial charge in [0.2, 0.25) is 0 Å². The molecule has 1 fully saturated rings. The molecule has 1 unspecified atom stereocenters. The molecule has 1 aliphatic heterocycles. The van der Waals surface area contributed by atoms with Crippen LogP contribution in [0.4, 0.5) is 0 Å². The Morgan fingerprint density at radius 3 is 2.71 bits per heavy atom. The van der Waals surface area contributed by atoms with Gasteiger partial charge in [-0.25, -0.2) is 0 Å². The Labute approximate surface area is 130 Å². The molecule has 0 spiro atoms. The van der Waals surface area contributed by atoms with Gasteiger partial charge in [-0.3, -0.25) is 0 Å². The summed E-state index contributed by atoms with van der Waals surface area (Å²) >= 11 is 0. The number of hydrogen-bond donors (Lipinski definition) is 1. The molecule has 0 aromatic heterocycles. The number of hydrogen-bond acceptors (Lipinski definition) is 3. The lowest BCUT2D eigenvalue weighted by molar-refractivity contribution is 0.247. The maximum absolute atomic E-state index is 3.75. The van der Waals surface area contributed by atoms with Gasteiger partial charge in [-0.2, -0.15) is 0 Å². The SMILES string of the molecule is CCCNC(CN1CCCN(C)CC1)c1ccccc1C. The van der Waals surface area contributed by atoms with Gasteiger partial charge in [0.25, 0.3) is 0 Å². The normalized spacial score (nSPS) is 19.4. The molecule has 0 radical (unpaired) electrons. The minimum atomic E-state index is 0.453. The maximum Gasteiger partial charge on any atom is 0.0451 e. The van der Waals surface area contributed by atoms with Gasteiger partial charge in [-0.1, -0.05) is 31.2 Å². The zero-order valence-corrected chi connectivity index (χ0v) is 13.9. The van der Waals surface area contributed by atoms with E-state index in [1.165, 1.54) is 50.1 Å². The fourth-order valence-corrected chi connectivity index (χ4v) is 3.11. The van der Waals surface area contributed by atoms with Gasteiger partial charge < -0.3 is 15.1 Å². The van der Waals surface area contributed by atoms with E-state index in [0.717, 1.165) is 13.1 Å². The Morgan fingerprint density at radius 1 is 1.14 bits per heavy atom. The Balaban J connectivity index is 2.04. The van der Waals surface area contributed by atoms with Crippen molar-refractivity contribution in [3.8, 4) is 0 Å².